The second-order valence-corrected chi connectivity index (χ2v) is 5.77. The molecule has 1 heterocycles. The topological polar surface area (TPSA) is 44.1 Å². The van der Waals surface area contributed by atoms with Gasteiger partial charge in [0.2, 0.25) is 0 Å². The van der Waals surface area contributed by atoms with E-state index in [1.807, 2.05) is 32.2 Å². The van der Waals surface area contributed by atoms with Gasteiger partial charge in [-0.3, -0.25) is 4.79 Å². The smallest absolute Gasteiger partial charge is 0.189 e. The molecule has 0 aliphatic carbocycles. The standard InChI is InChI=1S/C12H14N2OS2/c1-8-10(7-13)17-12(16-4)11(8)9(15)5-6-14(2)3/h5-6H,1-4H3. The van der Waals surface area contributed by atoms with Crippen LogP contribution in [0.2, 0.25) is 0 Å². The highest BCUT2D eigenvalue weighted by molar-refractivity contribution is 8.00. The fraction of sp³-hybridized carbons (Fsp3) is 0.333. The van der Waals surface area contributed by atoms with Crippen LogP contribution >= 0.6 is 23.1 Å². The normalized spacial score (nSPS) is 10.5. The Kier molecular flexibility index (Phi) is 4.79. The molecular weight excluding hydrogens is 252 g/mol. The number of carbonyl (C=O) groups is 1. The Bertz CT molecular complexity index is 495. The lowest BCUT2D eigenvalue weighted by molar-refractivity contribution is 0.104. The van der Waals surface area contributed by atoms with Crippen LogP contribution in [0.1, 0.15) is 20.8 Å². The Labute approximate surface area is 110 Å². The van der Waals surface area contributed by atoms with Crippen molar-refractivity contribution in [3.8, 4) is 6.07 Å². The van der Waals surface area contributed by atoms with E-state index in [-0.39, 0.29) is 5.78 Å². The molecule has 0 saturated carbocycles. The molecule has 0 bridgehead atoms. The summed E-state index contributed by atoms with van der Waals surface area (Å²) < 4.78 is 0.910. The van der Waals surface area contributed by atoms with Crippen molar-refractivity contribution in [3.05, 3.63) is 28.3 Å². The van der Waals surface area contributed by atoms with Crippen LogP contribution in [-0.4, -0.2) is 31.0 Å². The SMILES string of the molecule is CSc1sc(C#N)c(C)c1C(=O)C=CN(C)C. The number of thiophene rings is 1. The summed E-state index contributed by atoms with van der Waals surface area (Å²) in [7, 11) is 3.72. The third-order valence-corrected chi connectivity index (χ3v) is 4.49. The zero-order chi connectivity index (χ0) is 13.0. The maximum Gasteiger partial charge on any atom is 0.189 e. The first-order valence-electron chi connectivity index (χ1n) is 4.97. The van der Waals surface area contributed by atoms with Gasteiger partial charge in [-0.15, -0.1) is 23.1 Å². The molecule has 1 rings (SSSR count). The number of rotatable bonds is 4. The molecule has 1 aromatic rings. The summed E-state index contributed by atoms with van der Waals surface area (Å²) >= 11 is 2.89. The van der Waals surface area contributed by atoms with Crippen LogP contribution in [0.25, 0.3) is 0 Å². The van der Waals surface area contributed by atoms with Gasteiger partial charge in [0.15, 0.2) is 5.78 Å². The third kappa shape index (κ3) is 3.11. The van der Waals surface area contributed by atoms with Crippen LogP contribution in [0.5, 0.6) is 0 Å². The fourth-order valence-corrected chi connectivity index (χ4v) is 3.21. The number of carbonyl (C=O) groups excluding carboxylic acids is 1. The second-order valence-electron chi connectivity index (χ2n) is 3.68. The molecule has 0 spiro atoms. The summed E-state index contributed by atoms with van der Waals surface area (Å²) in [5, 5.41) is 8.97. The van der Waals surface area contributed by atoms with Crippen molar-refractivity contribution in [2.45, 2.75) is 11.1 Å². The first-order valence-corrected chi connectivity index (χ1v) is 7.01. The maximum atomic E-state index is 12.0. The Morgan fingerprint density at radius 1 is 1.53 bits per heavy atom. The average molecular weight is 266 g/mol. The van der Waals surface area contributed by atoms with Gasteiger partial charge >= 0.3 is 0 Å². The molecule has 0 N–H and O–H groups in total. The van der Waals surface area contributed by atoms with Gasteiger partial charge in [-0.1, -0.05) is 0 Å². The van der Waals surface area contributed by atoms with E-state index >= 15 is 0 Å². The Hall–Kier alpha value is -1.25. The van der Waals surface area contributed by atoms with Crippen molar-refractivity contribution in [2.75, 3.05) is 20.4 Å². The van der Waals surface area contributed by atoms with Gasteiger partial charge in [0.25, 0.3) is 0 Å². The van der Waals surface area contributed by atoms with Gasteiger partial charge in [-0.2, -0.15) is 5.26 Å². The average Bonchev–Trinajstić information content (AvgIpc) is 2.62. The number of thioether (sulfide) groups is 1. The number of hydrogen-bond acceptors (Lipinski definition) is 5. The van der Waals surface area contributed by atoms with E-state index in [1.54, 1.807) is 6.20 Å². The summed E-state index contributed by atoms with van der Waals surface area (Å²) in [6, 6.07) is 2.13. The summed E-state index contributed by atoms with van der Waals surface area (Å²) in [6.07, 6.45) is 5.17. The maximum absolute atomic E-state index is 12.0. The highest BCUT2D eigenvalue weighted by Gasteiger charge is 2.18. The molecule has 0 amide bonds. The monoisotopic (exact) mass is 266 g/mol. The molecule has 0 fully saturated rings. The van der Waals surface area contributed by atoms with Gasteiger partial charge in [0.05, 0.1) is 9.77 Å². The zero-order valence-electron chi connectivity index (χ0n) is 10.3. The van der Waals surface area contributed by atoms with Crippen molar-refractivity contribution < 1.29 is 4.79 Å². The van der Waals surface area contributed by atoms with Crippen molar-refractivity contribution in [2.24, 2.45) is 0 Å². The molecule has 0 radical (unpaired) electrons. The third-order valence-electron chi connectivity index (χ3n) is 2.17. The van der Waals surface area contributed by atoms with E-state index in [0.717, 1.165) is 9.77 Å². The van der Waals surface area contributed by atoms with Crippen LogP contribution in [0.4, 0.5) is 0 Å². The lowest BCUT2D eigenvalue weighted by Gasteiger charge is -2.03. The van der Waals surface area contributed by atoms with Gasteiger partial charge < -0.3 is 4.90 Å². The van der Waals surface area contributed by atoms with E-state index in [2.05, 4.69) is 6.07 Å². The molecule has 0 unspecified atom stereocenters. The first-order chi connectivity index (χ1) is 8.01. The molecule has 0 aliphatic rings. The number of hydrogen-bond donors (Lipinski definition) is 0. The Morgan fingerprint density at radius 2 is 2.18 bits per heavy atom. The largest absolute Gasteiger partial charge is 0.383 e. The molecule has 0 atom stereocenters. The molecule has 0 saturated heterocycles. The van der Waals surface area contributed by atoms with E-state index in [0.29, 0.717) is 10.4 Å². The van der Waals surface area contributed by atoms with E-state index in [1.165, 1.54) is 29.2 Å². The summed E-state index contributed by atoms with van der Waals surface area (Å²) in [6.45, 7) is 1.82. The van der Waals surface area contributed by atoms with Crippen molar-refractivity contribution >= 4 is 28.9 Å². The van der Waals surface area contributed by atoms with Gasteiger partial charge in [-0.25, -0.2) is 0 Å². The fourth-order valence-electron chi connectivity index (χ4n) is 1.32. The molecule has 5 heteroatoms. The number of nitriles is 1. The highest BCUT2D eigenvalue weighted by Crippen LogP contribution is 2.34. The lowest BCUT2D eigenvalue weighted by Crippen LogP contribution is -2.04. The summed E-state index contributed by atoms with van der Waals surface area (Å²) in [5.74, 6) is -0.0432. The minimum atomic E-state index is -0.0432. The van der Waals surface area contributed by atoms with Gasteiger partial charge in [0.1, 0.15) is 10.9 Å². The predicted octanol–water partition coefficient (Wildman–Crippen LogP) is 2.91. The van der Waals surface area contributed by atoms with Gasteiger partial charge in [-0.05, 0) is 18.7 Å². The van der Waals surface area contributed by atoms with Crippen LogP contribution in [-0.2, 0) is 0 Å². The summed E-state index contributed by atoms with van der Waals surface area (Å²) in [5.41, 5.74) is 1.45. The van der Waals surface area contributed by atoms with E-state index in [4.69, 9.17) is 5.26 Å². The van der Waals surface area contributed by atoms with Crippen molar-refractivity contribution in [1.82, 2.24) is 4.90 Å². The predicted molar refractivity (Wildman–Crippen MR) is 72.7 cm³/mol. The number of allylic oxidation sites excluding steroid dienone is 1. The number of ketones is 1. The lowest BCUT2D eigenvalue weighted by atomic mass is 10.1. The molecule has 3 nitrogen and oxygen atoms in total. The van der Waals surface area contributed by atoms with Crippen molar-refractivity contribution in [3.63, 3.8) is 0 Å². The van der Waals surface area contributed by atoms with Crippen LogP contribution in [0, 0.1) is 18.3 Å². The van der Waals surface area contributed by atoms with Gasteiger partial charge in [0, 0.05) is 26.4 Å². The van der Waals surface area contributed by atoms with Crippen molar-refractivity contribution in [1.29, 1.82) is 5.26 Å². The highest BCUT2D eigenvalue weighted by atomic mass is 32.2. The van der Waals surface area contributed by atoms with Crippen LogP contribution in [0.15, 0.2) is 16.5 Å². The van der Waals surface area contributed by atoms with Crippen LogP contribution in [0.3, 0.4) is 0 Å². The minimum absolute atomic E-state index is 0.0432. The van der Waals surface area contributed by atoms with Crippen LogP contribution < -0.4 is 0 Å². The zero-order valence-corrected chi connectivity index (χ0v) is 11.9. The molecule has 0 aromatic carbocycles. The first kappa shape index (κ1) is 13.8. The Balaban J connectivity index is 3.17. The molecular formula is C12H14N2OS2. The molecule has 90 valence electrons. The molecule has 0 aliphatic heterocycles. The number of nitrogens with zero attached hydrogens (tertiary/aromatic N) is 2. The quantitative estimate of drug-likeness (QED) is 0.477. The Morgan fingerprint density at radius 3 is 2.65 bits per heavy atom. The molecule has 1 aromatic heterocycles. The minimum Gasteiger partial charge on any atom is -0.383 e. The van der Waals surface area contributed by atoms with E-state index < -0.39 is 0 Å². The molecule has 17 heavy (non-hydrogen) atoms. The van der Waals surface area contributed by atoms with E-state index in [9.17, 15) is 4.79 Å². The summed E-state index contributed by atoms with van der Waals surface area (Å²) in [4.78, 5) is 14.5. The second kappa shape index (κ2) is 5.89.